The van der Waals surface area contributed by atoms with E-state index in [1.807, 2.05) is 85.2 Å². The second-order valence-corrected chi connectivity index (χ2v) is 6.39. The first kappa shape index (κ1) is 17.1. The fourth-order valence-electron chi connectivity index (χ4n) is 3.43. The molecule has 0 amide bonds. The first-order valence-corrected chi connectivity index (χ1v) is 9.04. The molecule has 0 spiro atoms. The number of para-hydroxylation sites is 2. The average Bonchev–Trinajstić information content (AvgIpc) is 3.04. The Balaban J connectivity index is 1.86. The van der Waals surface area contributed by atoms with Crippen molar-refractivity contribution in [3.8, 4) is 0 Å². The van der Waals surface area contributed by atoms with Crippen molar-refractivity contribution in [2.24, 2.45) is 0 Å². The topological polar surface area (TPSA) is 56.1 Å². The fourth-order valence-corrected chi connectivity index (χ4v) is 3.43. The van der Waals surface area contributed by atoms with Gasteiger partial charge in [-0.05, 0) is 31.5 Å². The van der Waals surface area contributed by atoms with Crippen molar-refractivity contribution < 1.29 is 9.53 Å². The van der Waals surface area contributed by atoms with E-state index in [9.17, 15) is 4.79 Å². The lowest BCUT2D eigenvalue weighted by Gasteiger charge is -2.27. The van der Waals surface area contributed by atoms with E-state index >= 15 is 0 Å². The SMILES string of the molecule is CCOC(=O)C1=C(C)Nc2nc3ccccc3n2C1C=Cc1ccccc1. The summed E-state index contributed by atoms with van der Waals surface area (Å²) in [7, 11) is 0. The van der Waals surface area contributed by atoms with Crippen LogP contribution < -0.4 is 5.32 Å². The van der Waals surface area contributed by atoms with Crippen molar-refractivity contribution >= 4 is 29.0 Å². The molecular formula is C22H21N3O2. The number of nitrogens with one attached hydrogen (secondary N) is 1. The van der Waals surface area contributed by atoms with Crippen molar-refractivity contribution in [3.05, 3.63) is 77.5 Å². The summed E-state index contributed by atoms with van der Waals surface area (Å²) in [5.74, 6) is 0.415. The van der Waals surface area contributed by atoms with Crippen LogP contribution in [0.25, 0.3) is 17.1 Å². The molecule has 1 atom stereocenters. The highest BCUT2D eigenvalue weighted by atomic mass is 16.5. The molecule has 1 aliphatic rings. The minimum atomic E-state index is -0.311. The lowest BCUT2D eigenvalue weighted by molar-refractivity contribution is -0.139. The molecule has 1 unspecified atom stereocenters. The molecule has 2 aromatic carbocycles. The summed E-state index contributed by atoms with van der Waals surface area (Å²) in [6, 6.07) is 17.7. The normalized spacial score (nSPS) is 16.4. The summed E-state index contributed by atoms with van der Waals surface area (Å²) in [5.41, 5.74) is 4.29. The number of fused-ring (bicyclic) bond motifs is 3. The van der Waals surface area contributed by atoms with Crippen molar-refractivity contribution in [2.75, 3.05) is 11.9 Å². The second-order valence-electron chi connectivity index (χ2n) is 6.39. The molecule has 3 aromatic rings. The number of carbonyl (C=O) groups is 1. The second kappa shape index (κ2) is 7.11. The van der Waals surface area contributed by atoms with E-state index < -0.39 is 0 Å². The summed E-state index contributed by atoms with van der Waals surface area (Å²) in [6.07, 6.45) is 4.06. The molecular weight excluding hydrogens is 338 g/mol. The Bertz CT molecular complexity index is 1050. The number of carbonyl (C=O) groups excluding carboxylic acids is 1. The third-order valence-electron chi connectivity index (χ3n) is 4.64. The molecule has 0 fully saturated rings. The van der Waals surface area contributed by atoms with Gasteiger partial charge < -0.3 is 10.1 Å². The zero-order valence-corrected chi connectivity index (χ0v) is 15.3. The Hall–Kier alpha value is -3.34. The van der Waals surface area contributed by atoms with Crippen molar-refractivity contribution in [3.63, 3.8) is 0 Å². The highest BCUT2D eigenvalue weighted by molar-refractivity contribution is 5.93. The Morgan fingerprint density at radius 2 is 1.93 bits per heavy atom. The Kier molecular flexibility index (Phi) is 4.50. The van der Waals surface area contributed by atoms with E-state index in [0.29, 0.717) is 12.2 Å². The zero-order chi connectivity index (χ0) is 18.8. The van der Waals surface area contributed by atoms with E-state index in [0.717, 1.165) is 28.2 Å². The van der Waals surface area contributed by atoms with Crippen LogP contribution in [-0.2, 0) is 9.53 Å². The highest BCUT2D eigenvalue weighted by Gasteiger charge is 2.32. The van der Waals surface area contributed by atoms with Crippen molar-refractivity contribution in [1.82, 2.24) is 9.55 Å². The molecule has 0 aliphatic carbocycles. The predicted molar refractivity (Wildman–Crippen MR) is 107 cm³/mol. The average molecular weight is 359 g/mol. The smallest absolute Gasteiger partial charge is 0.338 e. The predicted octanol–water partition coefficient (Wildman–Crippen LogP) is 4.55. The van der Waals surface area contributed by atoms with Gasteiger partial charge in [0.05, 0.1) is 29.3 Å². The van der Waals surface area contributed by atoms with Gasteiger partial charge in [0.1, 0.15) is 0 Å². The van der Waals surface area contributed by atoms with Gasteiger partial charge >= 0.3 is 5.97 Å². The number of nitrogens with zero attached hydrogens (tertiary/aromatic N) is 2. The van der Waals surface area contributed by atoms with Crippen molar-refractivity contribution in [2.45, 2.75) is 19.9 Å². The highest BCUT2D eigenvalue weighted by Crippen LogP contribution is 2.36. The molecule has 5 nitrogen and oxygen atoms in total. The standard InChI is InChI=1S/C22H21N3O2/c1-3-27-21(26)20-15(2)23-22-24-17-11-7-8-12-18(17)25(22)19(20)14-13-16-9-5-4-6-10-16/h4-14,19H,3H2,1-2H3,(H,23,24). The van der Waals surface area contributed by atoms with Gasteiger partial charge in [-0.1, -0.05) is 54.6 Å². The third kappa shape index (κ3) is 3.12. The molecule has 1 aromatic heterocycles. The number of allylic oxidation sites excluding steroid dienone is 2. The first-order valence-electron chi connectivity index (χ1n) is 9.04. The number of aromatic nitrogens is 2. The van der Waals surface area contributed by atoms with Gasteiger partial charge in [-0.25, -0.2) is 9.78 Å². The molecule has 4 rings (SSSR count). The largest absolute Gasteiger partial charge is 0.463 e. The number of ether oxygens (including phenoxy) is 1. The van der Waals surface area contributed by atoms with E-state index in [1.165, 1.54) is 0 Å². The minimum absolute atomic E-state index is 0.298. The molecule has 136 valence electrons. The molecule has 5 heteroatoms. The first-order chi connectivity index (χ1) is 13.2. The fraction of sp³-hybridized carbons (Fsp3) is 0.182. The number of benzene rings is 2. The lowest BCUT2D eigenvalue weighted by Crippen LogP contribution is -2.27. The van der Waals surface area contributed by atoms with Gasteiger partial charge in [-0.3, -0.25) is 4.57 Å². The summed E-state index contributed by atoms with van der Waals surface area (Å²) in [5, 5.41) is 3.26. The third-order valence-corrected chi connectivity index (χ3v) is 4.64. The van der Waals surface area contributed by atoms with Crippen LogP contribution in [0.1, 0.15) is 25.5 Å². The number of hydrogen-bond donors (Lipinski definition) is 1. The number of hydrogen-bond acceptors (Lipinski definition) is 4. The minimum Gasteiger partial charge on any atom is -0.463 e. The quantitative estimate of drug-likeness (QED) is 0.694. The molecule has 0 radical (unpaired) electrons. The molecule has 1 N–H and O–H groups in total. The maximum Gasteiger partial charge on any atom is 0.338 e. The molecule has 0 bridgehead atoms. The molecule has 0 saturated heterocycles. The van der Waals surface area contributed by atoms with Crippen LogP contribution in [0.5, 0.6) is 0 Å². The maximum absolute atomic E-state index is 12.7. The van der Waals surface area contributed by atoms with Gasteiger partial charge in [-0.2, -0.15) is 0 Å². The van der Waals surface area contributed by atoms with Crippen LogP contribution in [0, 0.1) is 0 Å². The lowest BCUT2D eigenvalue weighted by atomic mass is 10.0. The van der Waals surface area contributed by atoms with Gasteiger partial charge in [0, 0.05) is 5.70 Å². The van der Waals surface area contributed by atoms with Crippen LogP contribution in [0.2, 0.25) is 0 Å². The van der Waals surface area contributed by atoms with E-state index in [2.05, 4.69) is 10.3 Å². The van der Waals surface area contributed by atoms with Crippen LogP contribution in [0.3, 0.4) is 0 Å². The number of esters is 1. The molecule has 27 heavy (non-hydrogen) atoms. The Labute approximate surface area is 158 Å². The number of imidazole rings is 1. The summed E-state index contributed by atoms with van der Waals surface area (Å²) in [4.78, 5) is 17.4. The van der Waals surface area contributed by atoms with Gasteiger partial charge in [0.2, 0.25) is 5.95 Å². The van der Waals surface area contributed by atoms with Crippen LogP contribution in [0.4, 0.5) is 5.95 Å². The zero-order valence-electron chi connectivity index (χ0n) is 15.3. The Morgan fingerprint density at radius 3 is 2.70 bits per heavy atom. The van der Waals surface area contributed by atoms with Gasteiger partial charge in [-0.15, -0.1) is 0 Å². The number of anilines is 1. The van der Waals surface area contributed by atoms with Crippen LogP contribution in [0.15, 0.2) is 71.9 Å². The molecule has 0 saturated carbocycles. The van der Waals surface area contributed by atoms with Crippen molar-refractivity contribution in [1.29, 1.82) is 0 Å². The molecule has 1 aliphatic heterocycles. The van der Waals surface area contributed by atoms with E-state index in [4.69, 9.17) is 4.74 Å². The summed E-state index contributed by atoms with van der Waals surface area (Å²) >= 11 is 0. The number of rotatable bonds is 4. The maximum atomic E-state index is 12.7. The van der Waals surface area contributed by atoms with Crippen LogP contribution in [-0.4, -0.2) is 22.1 Å². The summed E-state index contributed by atoms with van der Waals surface area (Å²) in [6.45, 7) is 4.04. The Morgan fingerprint density at radius 1 is 1.19 bits per heavy atom. The van der Waals surface area contributed by atoms with Gasteiger partial charge in [0.25, 0.3) is 0 Å². The van der Waals surface area contributed by atoms with Crippen LogP contribution >= 0.6 is 0 Å². The van der Waals surface area contributed by atoms with E-state index in [1.54, 1.807) is 0 Å². The van der Waals surface area contributed by atoms with Gasteiger partial charge in [0.15, 0.2) is 0 Å². The van der Waals surface area contributed by atoms with E-state index in [-0.39, 0.29) is 12.0 Å². The monoisotopic (exact) mass is 359 g/mol. The molecule has 2 heterocycles. The summed E-state index contributed by atoms with van der Waals surface area (Å²) < 4.78 is 7.38.